The monoisotopic (exact) mass is 354 g/mol. The van der Waals surface area contributed by atoms with Crippen molar-refractivity contribution in [3.05, 3.63) is 31.3 Å². The summed E-state index contributed by atoms with van der Waals surface area (Å²) in [5, 5.41) is 8.68. The molecule has 0 radical (unpaired) electrons. The number of aliphatic carboxylic acids is 1. The van der Waals surface area contributed by atoms with Crippen molar-refractivity contribution >= 4 is 44.5 Å². The van der Waals surface area contributed by atoms with Gasteiger partial charge in [-0.15, -0.1) is 0 Å². The zero-order chi connectivity index (χ0) is 10.0. The van der Waals surface area contributed by atoms with E-state index in [0.29, 0.717) is 0 Å². The summed E-state index contributed by atoms with van der Waals surface area (Å²) in [6.45, 7) is 1.92. The van der Waals surface area contributed by atoms with Crippen LogP contribution in [0.3, 0.4) is 0 Å². The molecule has 0 fully saturated rings. The molecule has 1 N–H and O–H groups in total. The lowest BCUT2D eigenvalue weighted by Gasteiger charge is -2.07. The van der Waals surface area contributed by atoms with Crippen molar-refractivity contribution in [2.45, 2.75) is 13.3 Å². The van der Waals surface area contributed by atoms with Crippen LogP contribution < -0.4 is 0 Å². The Balaban J connectivity index is 3.17. The highest BCUT2D eigenvalue weighted by molar-refractivity contribution is 14.1. The van der Waals surface area contributed by atoms with E-state index in [-0.39, 0.29) is 6.42 Å². The summed E-state index contributed by atoms with van der Waals surface area (Å²) in [6, 6.07) is 3.90. The summed E-state index contributed by atoms with van der Waals surface area (Å²) >= 11 is 5.56. The predicted octanol–water partition coefficient (Wildman–Crippen LogP) is 2.99. The van der Waals surface area contributed by atoms with E-state index in [1.54, 1.807) is 0 Å². The van der Waals surface area contributed by atoms with Gasteiger partial charge in [-0.1, -0.05) is 6.07 Å². The fourth-order valence-corrected chi connectivity index (χ4v) is 2.15. The Hall–Kier alpha value is -0.100. The quantitative estimate of drug-likeness (QED) is 0.829. The van der Waals surface area contributed by atoms with Gasteiger partial charge in [0.05, 0.1) is 6.42 Å². The summed E-state index contributed by atoms with van der Waals surface area (Å²) < 4.78 is 1.94. The molecule has 0 aliphatic rings. The Morgan fingerprint density at radius 1 is 1.62 bits per heavy atom. The number of benzene rings is 1. The molecule has 0 saturated heterocycles. The first-order valence-electron chi connectivity index (χ1n) is 3.67. The first-order chi connectivity index (χ1) is 6.02. The second kappa shape index (κ2) is 4.41. The number of carboxylic acids is 1. The molecule has 1 rings (SSSR count). The molecule has 0 aliphatic heterocycles. The highest BCUT2D eigenvalue weighted by Gasteiger charge is 2.10. The molecule has 0 aromatic heterocycles. The highest BCUT2D eigenvalue weighted by Crippen LogP contribution is 2.26. The van der Waals surface area contributed by atoms with Crippen molar-refractivity contribution in [2.24, 2.45) is 0 Å². The number of rotatable bonds is 2. The Bertz CT molecular complexity index is 350. The van der Waals surface area contributed by atoms with Crippen LogP contribution in [-0.4, -0.2) is 11.1 Å². The number of hydrogen-bond donors (Lipinski definition) is 1. The summed E-state index contributed by atoms with van der Waals surface area (Å²) in [5.74, 6) is -0.800. The molecule has 70 valence electrons. The van der Waals surface area contributed by atoms with E-state index >= 15 is 0 Å². The molecule has 0 bridgehead atoms. The second-order valence-electron chi connectivity index (χ2n) is 2.73. The van der Waals surface area contributed by atoms with Crippen LogP contribution in [0.4, 0.5) is 0 Å². The van der Waals surface area contributed by atoms with Crippen LogP contribution in [0.25, 0.3) is 0 Å². The molecular formula is C9H8BrIO2. The lowest BCUT2D eigenvalue weighted by atomic mass is 10.1. The zero-order valence-corrected chi connectivity index (χ0v) is 10.7. The van der Waals surface area contributed by atoms with Gasteiger partial charge < -0.3 is 5.11 Å². The van der Waals surface area contributed by atoms with Crippen LogP contribution in [-0.2, 0) is 11.2 Å². The molecule has 0 atom stereocenters. The minimum absolute atomic E-state index is 0.0727. The van der Waals surface area contributed by atoms with Crippen molar-refractivity contribution < 1.29 is 9.90 Å². The van der Waals surface area contributed by atoms with Crippen LogP contribution in [0.1, 0.15) is 11.1 Å². The van der Waals surface area contributed by atoms with Gasteiger partial charge in [-0.2, -0.15) is 0 Å². The third-order valence-electron chi connectivity index (χ3n) is 1.76. The molecule has 1 aromatic carbocycles. The minimum atomic E-state index is -0.800. The summed E-state index contributed by atoms with van der Waals surface area (Å²) in [4.78, 5) is 10.6. The smallest absolute Gasteiger partial charge is 0.307 e. The van der Waals surface area contributed by atoms with Gasteiger partial charge in [-0.25, -0.2) is 0 Å². The van der Waals surface area contributed by atoms with Crippen molar-refractivity contribution in [2.75, 3.05) is 0 Å². The molecule has 13 heavy (non-hydrogen) atoms. The molecule has 4 heteroatoms. The highest BCUT2D eigenvalue weighted by atomic mass is 127. The van der Waals surface area contributed by atoms with E-state index in [2.05, 4.69) is 38.5 Å². The van der Waals surface area contributed by atoms with Crippen LogP contribution in [0.5, 0.6) is 0 Å². The molecule has 0 saturated carbocycles. The molecule has 0 amide bonds. The minimum Gasteiger partial charge on any atom is -0.481 e. The first kappa shape index (κ1) is 11.0. The number of carbonyl (C=O) groups is 1. The van der Waals surface area contributed by atoms with E-state index in [1.165, 1.54) is 0 Å². The maximum absolute atomic E-state index is 10.6. The maximum Gasteiger partial charge on any atom is 0.307 e. The van der Waals surface area contributed by atoms with Gasteiger partial charge >= 0.3 is 5.97 Å². The third-order valence-corrected chi connectivity index (χ3v) is 4.30. The molecular weight excluding hydrogens is 347 g/mol. The largest absolute Gasteiger partial charge is 0.481 e. The van der Waals surface area contributed by atoms with E-state index in [0.717, 1.165) is 19.2 Å². The van der Waals surface area contributed by atoms with Gasteiger partial charge in [-0.3, -0.25) is 4.79 Å². The van der Waals surface area contributed by atoms with Crippen molar-refractivity contribution in [3.8, 4) is 0 Å². The van der Waals surface area contributed by atoms with Crippen molar-refractivity contribution in [3.63, 3.8) is 0 Å². The third kappa shape index (κ3) is 2.67. The Morgan fingerprint density at radius 2 is 2.23 bits per heavy atom. The average molecular weight is 355 g/mol. The maximum atomic E-state index is 10.6. The summed E-state index contributed by atoms with van der Waals surface area (Å²) in [7, 11) is 0. The normalized spacial score (nSPS) is 10.1. The fraction of sp³-hybridized carbons (Fsp3) is 0.222. The lowest BCUT2D eigenvalue weighted by molar-refractivity contribution is -0.136. The SMILES string of the molecule is Cc1ccc(I)c(Br)c1CC(=O)O. The predicted molar refractivity (Wildman–Crippen MR) is 62.9 cm³/mol. The molecule has 0 heterocycles. The van der Waals surface area contributed by atoms with Crippen LogP contribution in [0.2, 0.25) is 0 Å². The molecule has 0 spiro atoms. The van der Waals surface area contributed by atoms with Gasteiger partial charge in [0.25, 0.3) is 0 Å². The van der Waals surface area contributed by atoms with Gasteiger partial charge in [0.2, 0.25) is 0 Å². The van der Waals surface area contributed by atoms with Crippen LogP contribution in [0, 0.1) is 10.5 Å². The summed E-state index contributed by atoms with van der Waals surface area (Å²) in [5.41, 5.74) is 1.87. The first-order valence-corrected chi connectivity index (χ1v) is 5.55. The van der Waals surface area contributed by atoms with Crippen LogP contribution >= 0.6 is 38.5 Å². The Morgan fingerprint density at radius 3 is 2.77 bits per heavy atom. The fourth-order valence-electron chi connectivity index (χ4n) is 1.06. The van der Waals surface area contributed by atoms with Gasteiger partial charge in [-0.05, 0) is 62.6 Å². The zero-order valence-electron chi connectivity index (χ0n) is 6.97. The summed E-state index contributed by atoms with van der Waals surface area (Å²) in [6.07, 6.45) is 0.0727. The van der Waals surface area contributed by atoms with Gasteiger partial charge in [0.1, 0.15) is 0 Å². The Labute approximate surface area is 98.6 Å². The molecule has 0 aliphatic carbocycles. The van der Waals surface area contributed by atoms with Gasteiger partial charge in [0.15, 0.2) is 0 Å². The molecule has 0 unspecified atom stereocenters. The van der Waals surface area contributed by atoms with Crippen molar-refractivity contribution in [1.29, 1.82) is 0 Å². The average Bonchev–Trinajstić information content (AvgIpc) is 2.05. The number of halogens is 2. The van der Waals surface area contributed by atoms with E-state index in [1.807, 2.05) is 19.1 Å². The van der Waals surface area contributed by atoms with E-state index < -0.39 is 5.97 Å². The Kier molecular flexibility index (Phi) is 3.73. The van der Waals surface area contributed by atoms with Gasteiger partial charge in [0, 0.05) is 8.04 Å². The van der Waals surface area contributed by atoms with Crippen molar-refractivity contribution in [1.82, 2.24) is 0 Å². The molecule has 2 nitrogen and oxygen atoms in total. The number of aryl methyl sites for hydroxylation is 1. The van der Waals surface area contributed by atoms with E-state index in [9.17, 15) is 4.79 Å². The number of hydrogen-bond acceptors (Lipinski definition) is 1. The number of carboxylic acid groups (broad SMARTS) is 1. The second-order valence-corrected chi connectivity index (χ2v) is 4.68. The molecule has 1 aromatic rings. The lowest BCUT2D eigenvalue weighted by Crippen LogP contribution is -2.03. The van der Waals surface area contributed by atoms with E-state index in [4.69, 9.17) is 5.11 Å². The topological polar surface area (TPSA) is 37.3 Å². The standard InChI is InChI=1S/C9H8BrIO2/c1-5-2-3-7(11)9(10)6(5)4-8(12)13/h2-3H,4H2,1H3,(H,12,13). The van der Waals surface area contributed by atoms with Crippen LogP contribution in [0.15, 0.2) is 16.6 Å².